The summed E-state index contributed by atoms with van der Waals surface area (Å²) in [6.07, 6.45) is 2.36. The van der Waals surface area contributed by atoms with Gasteiger partial charge in [-0.25, -0.2) is 0 Å². The fourth-order valence-electron chi connectivity index (χ4n) is 1.35. The van der Waals surface area contributed by atoms with Gasteiger partial charge in [0, 0.05) is 30.9 Å². The number of aldehydes is 1. The van der Waals surface area contributed by atoms with Gasteiger partial charge in [-0.05, 0) is 6.07 Å². The highest BCUT2D eigenvalue weighted by Crippen LogP contribution is 2.08. The second-order valence-electron chi connectivity index (χ2n) is 3.14. The predicted molar refractivity (Wildman–Crippen MR) is 48.0 cm³/mol. The molecule has 0 aliphatic carbocycles. The number of nitrogens with zero attached hydrogens (tertiary/aromatic N) is 1. The standard InChI is InChI=1S/C9H10N2O2/c12-6-7-1-2-9(13)11(5-7)8-3-10-4-8/h1-2,5-6,8,10H,3-4H2. The van der Waals surface area contributed by atoms with Crippen molar-refractivity contribution in [3.63, 3.8) is 0 Å². The van der Waals surface area contributed by atoms with E-state index in [4.69, 9.17) is 0 Å². The van der Waals surface area contributed by atoms with Crippen LogP contribution in [0.4, 0.5) is 0 Å². The maximum absolute atomic E-state index is 11.3. The van der Waals surface area contributed by atoms with Gasteiger partial charge in [0.1, 0.15) is 0 Å². The molecule has 4 heteroatoms. The number of pyridine rings is 1. The van der Waals surface area contributed by atoms with E-state index in [1.165, 1.54) is 12.1 Å². The molecule has 1 saturated heterocycles. The molecule has 0 bridgehead atoms. The van der Waals surface area contributed by atoms with Crippen molar-refractivity contribution in [2.45, 2.75) is 6.04 Å². The quantitative estimate of drug-likeness (QED) is 0.638. The summed E-state index contributed by atoms with van der Waals surface area (Å²) in [6.45, 7) is 1.62. The average molecular weight is 178 g/mol. The third-order valence-electron chi connectivity index (χ3n) is 2.25. The maximum Gasteiger partial charge on any atom is 0.250 e. The Kier molecular flexibility index (Phi) is 1.98. The van der Waals surface area contributed by atoms with Gasteiger partial charge < -0.3 is 9.88 Å². The third kappa shape index (κ3) is 1.40. The van der Waals surface area contributed by atoms with E-state index in [1.807, 2.05) is 0 Å². The van der Waals surface area contributed by atoms with Gasteiger partial charge >= 0.3 is 0 Å². The van der Waals surface area contributed by atoms with Crippen LogP contribution in [0.1, 0.15) is 16.4 Å². The largest absolute Gasteiger partial charge is 0.313 e. The molecule has 0 atom stereocenters. The van der Waals surface area contributed by atoms with E-state index in [9.17, 15) is 9.59 Å². The van der Waals surface area contributed by atoms with Gasteiger partial charge in [0.2, 0.25) is 0 Å². The summed E-state index contributed by atoms with van der Waals surface area (Å²) >= 11 is 0. The molecule has 1 aromatic rings. The lowest BCUT2D eigenvalue weighted by molar-refractivity contribution is 0.112. The summed E-state index contributed by atoms with van der Waals surface area (Å²) in [4.78, 5) is 21.8. The summed E-state index contributed by atoms with van der Waals surface area (Å²) in [7, 11) is 0. The van der Waals surface area contributed by atoms with E-state index >= 15 is 0 Å². The van der Waals surface area contributed by atoms with Crippen LogP contribution >= 0.6 is 0 Å². The molecule has 0 saturated carbocycles. The molecule has 1 aromatic heterocycles. The van der Waals surface area contributed by atoms with Crippen LogP contribution in [-0.4, -0.2) is 23.9 Å². The van der Waals surface area contributed by atoms with Crippen LogP contribution in [0, 0.1) is 0 Å². The molecule has 13 heavy (non-hydrogen) atoms. The Morgan fingerprint density at radius 2 is 2.23 bits per heavy atom. The van der Waals surface area contributed by atoms with Gasteiger partial charge in [0.05, 0.1) is 6.04 Å². The number of rotatable bonds is 2. The average Bonchev–Trinajstić information content (AvgIpc) is 2.06. The lowest BCUT2D eigenvalue weighted by Gasteiger charge is -2.29. The monoisotopic (exact) mass is 178 g/mol. The van der Waals surface area contributed by atoms with Gasteiger partial charge in [-0.3, -0.25) is 9.59 Å². The summed E-state index contributed by atoms with van der Waals surface area (Å²) < 4.78 is 1.61. The Morgan fingerprint density at radius 1 is 1.46 bits per heavy atom. The Labute approximate surface area is 75.2 Å². The van der Waals surface area contributed by atoms with Crippen molar-refractivity contribution in [2.75, 3.05) is 13.1 Å². The minimum atomic E-state index is -0.0444. The first-order valence-corrected chi connectivity index (χ1v) is 4.19. The molecule has 1 aliphatic heterocycles. The first kappa shape index (κ1) is 8.19. The van der Waals surface area contributed by atoms with Crippen molar-refractivity contribution in [3.8, 4) is 0 Å². The molecule has 0 unspecified atom stereocenters. The topological polar surface area (TPSA) is 51.1 Å². The zero-order valence-corrected chi connectivity index (χ0v) is 7.06. The van der Waals surface area contributed by atoms with Crippen LogP contribution in [0.5, 0.6) is 0 Å². The second kappa shape index (κ2) is 3.14. The van der Waals surface area contributed by atoms with E-state index in [0.717, 1.165) is 19.4 Å². The zero-order chi connectivity index (χ0) is 9.26. The zero-order valence-electron chi connectivity index (χ0n) is 7.06. The Morgan fingerprint density at radius 3 is 2.77 bits per heavy atom. The molecule has 2 heterocycles. The van der Waals surface area contributed by atoms with Gasteiger partial charge in [-0.2, -0.15) is 0 Å². The summed E-state index contributed by atoms with van der Waals surface area (Å²) in [6, 6.07) is 3.19. The van der Waals surface area contributed by atoms with Crippen molar-refractivity contribution in [3.05, 3.63) is 34.2 Å². The van der Waals surface area contributed by atoms with Crippen molar-refractivity contribution in [1.29, 1.82) is 0 Å². The van der Waals surface area contributed by atoms with E-state index in [1.54, 1.807) is 10.8 Å². The molecule has 0 amide bonds. The molecular formula is C9H10N2O2. The number of hydrogen-bond acceptors (Lipinski definition) is 3. The van der Waals surface area contributed by atoms with Crippen LogP contribution in [0.15, 0.2) is 23.1 Å². The molecule has 1 N–H and O–H groups in total. The molecule has 68 valence electrons. The highest BCUT2D eigenvalue weighted by Gasteiger charge is 2.19. The maximum atomic E-state index is 11.3. The van der Waals surface area contributed by atoms with Crippen molar-refractivity contribution < 1.29 is 4.79 Å². The van der Waals surface area contributed by atoms with Crippen molar-refractivity contribution in [2.24, 2.45) is 0 Å². The molecule has 0 radical (unpaired) electrons. The van der Waals surface area contributed by atoms with Crippen LogP contribution in [-0.2, 0) is 0 Å². The molecular weight excluding hydrogens is 168 g/mol. The lowest BCUT2D eigenvalue weighted by Crippen LogP contribution is -2.46. The van der Waals surface area contributed by atoms with Crippen molar-refractivity contribution >= 4 is 6.29 Å². The summed E-state index contributed by atoms with van der Waals surface area (Å²) in [5, 5.41) is 3.08. The van der Waals surface area contributed by atoms with Crippen LogP contribution in [0.2, 0.25) is 0 Å². The third-order valence-corrected chi connectivity index (χ3v) is 2.25. The highest BCUT2D eigenvalue weighted by atomic mass is 16.1. The van der Waals surface area contributed by atoms with Gasteiger partial charge in [-0.15, -0.1) is 0 Å². The summed E-state index contributed by atoms with van der Waals surface area (Å²) in [5.41, 5.74) is 0.503. The minimum Gasteiger partial charge on any atom is -0.313 e. The van der Waals surface area contributed by atoms with Gasteiger partial charge in [-0.1, -0.05) is 0 Å². The van der Waals surface area contributed by atoms with E-state index in [2.05, 4.69) is 5.32 Å². The number of nitrogens with one attached hydrogen (secondary N) is 1. The Balaban J connectivity index is 2.41. The first-order chi connectivity index (χ1) is 6.31. The summed E-state index contributed by atoms with van der Waals surface area (Å²) in [5.74, 6) is 0. The molecule has 0 spiro atoms. The van der Waals surface area contributed by atoms with Gasteiger partial charge in [0.25, 0.3) is 5.56 Å². The molecule has 2 rings (SSSR count). The molecule has 4 nitrogen and oxygen atoms in total. The SMILES string of the molecule is O=Cc1ccc(=O)n(C2CNC2)c1. The van der Waals surface area contributed by atoms with Crippen molar-refractivity contribution in [1.82, 2.24) is 9.88 Å². The first-order valence-electron chi connectivity index (χ1n) is 4.19. The van der Waals surface area contributed by atoms with E-state index < -0.39 is 0 Å². The fraction of sp³-hybridized carbons (Fsp3) is 0.333. The second-order valence-corrected chi connectivity index (χ2v) is 3.14. The predicted octanol–water partition coefficient (Wildman–Crippen LogP) is -0.195. The van der Waals surface area contributed by atoms with Crippen LogP contribution < -0.4 is 10.9 Å². The Hall–Kier alpha value is -1.42. The Bertz CT molecular complexity index is 379. The highest BCUT2D eigenvalue weighted by molar-refractivity contribution is 5.73. The number of carbonyl (C=O) groups is 1. The minimum absolute atomic E-state index is 0.0444. The van der Waals surface area contributed by atoms with E-state index in [-0.39, 0.29) is 11.6 Å². The lowest BCUT2D eigenvalue weighted by atomic mass is 10.1. The number of carbonyl (C=O) groups excluding carboxylic acids is 1. The van der Waals surface area contributed by atoms with Crippen LogP contribution in [0.25, 0.3) is 0 Å². The van der Waals surface area contributed by atoms with Gasteiger partial charge in [0.15, 0.2) is 6.29 Å². The van der Waals surface area contributed by atoms with E-state index in [0.29, 0.717) is 5.56 Å². The molecule has 0 aromatic carbocycles. The fourth-order valence-corrected chi connectivity index (χ4v) is 1.35. The van der Waals surface area contributed by atoms with Crippen LogP contribution in [0.3, 0.4) is 0 Å². The number of hydrogen-bond donors (Lipinski definition) is 1. The molecule has 1 fully saturated rings. The normalized spacial score (nSPS) is 16.6. The molecule has 1 aliphatic rings. The number of aromatic nitrogens is 1. The smallest absolute Gasteiger partial charge is 0.250 e.